The van der Waals surface area contributed by atoms with Crippen molar-refractivity contribution in [1.29, 1.82) is 0 Å². The molecule has 0 spiro atoms. The molecule has 10 heteroatoms. The molecule has 8 nitrogen and oxygen atoms in total. The molecular formula is C18H19ClN6O2S. The van der Waals surface area contributed by atoms with Gasteiger partial charge < -0.3 is 10.1 Å². The lowest BCUT2D eigenvalue weighted by Gasteiger charge is -2.35. The number of hydrogen-bond donors (Lipinski definition) is 1. The van der Waals surface area contributed by atoms with E-state index >= 15 is 0 Å². The van der Waals surface area contributed by atoms with E-state index in [-0.39, 0.29) is 11.9 Å². The maximum absolute atomic E-state index is 12.9. The second-order valence-corrected chi connectivity index (χ2v) is 7.61. The Morgan fingerprint density at radius 3 is 2.86 bits per heavy atom. The van der Waals surface area contributed by atoms with Crippen molar-refractivity contribution in [3.63, 3.8) is 0 Å². The lowest BCUT2D eigenvalue weighted by atomic mass is 10.0. The highest BCUT2D eigenvalue weighted by molar-refractivity contribution is 7.12. The second-order valence-electron chi connectivity index (χ2n) is 6.29. The van der Waals surface area contributed by atoms with Crippen molar-refractivity contribution in [1.82, 2.24) is 30.4 Å². The minimum Gasteiger partial charge on any atom is -0.379 e. The average Bonchev–Trinajstić information content (AvgIpc) is 3.41. The van der Waals surface area contributed by atoms with Crippen LogP contribution in [0, 0.1) is 0 Å². The van der Waals surface area contributed by atoms with Gasteiger partial charge in [-0.05, 0) is 33.5 Å². The van der Waals surface area contributed by atoms with E-state index in [1.807, 2.05) is 35.7 Å². The number of tetrazole rings is 1. The number of ether oxygens (including phenoxy) is 1. The first-order chi connectivity index (χ1) is 13.7. The summed E-state index contributed by atoms with van der Waals surface area (Å²) in [6, 6.07) is 9.55. The molecule has 1 aliphatic rings. The number of carbonyl (C=O) groups is 1. The Hall–Kier alpha value is -2.33. The number of morpholine rings is 1. The maximum Gasteiger partial charge on any atom is 0.263 e. The zero-order chi connectivity index (χ0) is 19.3. The number of carbonyl (C=O) groups excluding carboxylic acids is 1. The molecule has 1 unspecified atom stereocenters. The van der Waals surface area contributed by atoms with Crippen LogP contribution in [0.4, 0.5) is 0 Å². The van der Waals surface area contributed by atoms with Gasteiger partial charge in [0.1, 0.15) is 11.2 Å². The van der Waals surface area contributed by atoms with Crippen LogP contribution in [0.15, 0.2) is 42.0 Å². The summed E-state index contributed by atoms with van der Waals surface area (Å²) in [7, 11) is 0. The van der Waals surface area contributed by atoms with Crippen molar-refractivity contribution in [2.75, 3.05) is 32.8 Å². The summed E-state index contributed by atoms with van der Waals surface area (Å²) in [5.41, 5.74) is 1.66. The van der Waals surface area contributed by atoms with Crippen LogP contribution in [0.1, 0.15) is 21.3 Å². The Morgan fingerprint density at radius 1 is 1.29 bits per heavy atom. The Morgan fingerprint density at radius 2 is 2.11 bits per heavy atom. The molecule has 4 rings (SSSR count). The molecule has 1 aromatic carbocycles. The molecule has 0 radical (unpaired) electrons. The molecule has 146 valence electrons. The quantitative estimate of drug-likeness (QED) is 0.660. The van der Waals surface area contributed by atoms with Gasteiger partial charge >= 0.3 is 0 Å². The van der Waals surface area contributed by atoms with Crippen molar-refractivity contribution < 1.29 is 9.53 Å². The summed E-state index contributed by atoms with van der Waals surface area (Å²) >= 11 is 7.81. The van der Waals surface area contributed by atoms with E-state index in [2.05, 4.69) is 25.7 Å². The maximum atomic E-state index is 12.9. The van der Waals surface area contributed by atoms with E-state index in [1.165, 1.54) is 22.3 Å². The minimum atomic E-state index is -0.161. The molecule has 0 bridgehead atoms. The molecular weight excluding hydrogens is 400 g/mol. The molecule has 0 aliphatic carbocycles. The molecule has 1 fully saturated rings. The van der Waals surface area contributed by atoms with Gasteiger partial charge in [0.25, 0.3) is 5.91 Å². The van der Waals surface area contributed by atoms with Gasteiger partial charge in [-0.3, -0.25) is 9.69 Å². The number of nitrogens with zero attached hydrogens (tertiary/aromatic N) is 5. The Bertz CT molecular complexity index is 926. The van der Waals surface area contributed by atoms with Gasteiger partial charge in [-0.25, -0.2) is 0 Å². The Balaban J connectivity index is 1.52. The number of benzene rings is 1. The van der Waals surface area contributed by atoms with Gasteiger partial charge in [0.05, 0.1) is 24.9 Å². The lowest BCUT2D eigenvalue weighted by molar-refractivity contribution is 0.0162. The summed E-state index contributed by atoms with van der Waals surface area (Å²) in [5, 5.41) is 16.7. The zero-order valence-corrected chi connectivity index (χ0v) is 16.6. The third-order valence-corrected chi connectivity index (χ3v) is 5.90. The first kappa shape index (κ1) is 19.0. The summed E-state index contributed by atoms with van der Waals surface area (Å²) in [6.45, 7) is 3.36. The molecule has 1 amide bonds. The summed E-state index contributed by atoms with van der Waals surface area (Å²) in [6.07, 6.45) is 1.47. The van der Waals surface area contributed by atoms with Crippen molar-refractivity contribution >= 4 is 28.8 Å². The van der Waals surface area contributed by atoms with Crippen LogP contribution in [0.5, 0.6) is 0 Å². The fraction of sp³-hybridized carbons (Fsp3) is 0.333. The van der Waals surface area contributed by atoms with Crippen LogP contribution < -0.4 is 5.32 Å². The van der Waals surface area contributed by atoms with Gasteiger partial charge in [0.15, 0.2) is 0 Å². The fourth-order valence-electron chi connectivity index (χ4n) is 3.26. The van der Waals surface area contributed by atoms with E-state index in [0.29, 0.717) is 35.3 Å². The SMILES string of the molecule is O=C(NCC(c1ccccc1Cl)N1CCOCC1)c1sccc1-n1cnnn1. The Kier molecular flexibility index (Phi) is 5.96. The molecule has 1 saturated heterocycles. The third-order valence-electron chi connectivity index (χ3n) is 4.65. The summed E-state index contributed by atoms with van der Waals surface area (Å²) < 4.78 is 6.96. The van der Waals surface area contributed by atoms with Crippen molar-refractivity contribution in [3.05, 3.63) is 57.5 Å². The zero-order valence-electron chi connectivity index (χ0n) is 15.0. The van der Waals surface area contributed by atoms with Gasteiger partial charge in [-0.1, -0.05) is 29.8 Å². The van der Waals surface area contributed by atoms with Crippen LogP contribution in [-0.4, -0.2) is 63.9 Å². The molecule has 1 N–H and O–H groups in total. The van der Waals surface area contributed by atoms with Crippen LogP contribution in [0.2, 0.25) is 5.02 Å². The van der Waals surface area contributed by atoms with Crippen LogP contribution in [0.3, 0.4) is 0 Å². The number of hydrogen-bond acceptors (Lipinski definition) is 7. The number of thiophene rings is 1. The topological polar surface area (TPSA) is 85.2 Å². The molecule has 1 atom stereocenters. The van der Waals surface area contributed by atoms with Gasteiger partial charge in [-0.2, -0.15) is 4.68 Å². The Labute approximate surface area is 171 Å². The normalized spacial score (nSPS) is 16.0. The standard InChI is InChI=1S/C18H19ClN6O2S/c19-14-4-2-1-3-13(14)16(24-6-8-27-9-7-24)11-20-18(26)17-15(5-10-28-17)25-12-21-22-23-25/h1-5,10,12,16H,6-9,11H2,(H,20,26). The molecule has 3 aromatic rings. The predicted octanol–water partition coefficient (Wildman–Crippen LogP) is 2.18. The number of halogens is 1. The van der Waals surface area contributed by atoms with Crippen LogP contribution in [-0.2, 0) is 4.74 Å². The van der Waals surface area contributed by atoms with Gasteiger partial charge in [0, 0.05) is 24.7 Å². The van der Waals surface area contributed by atoms with Gasteiger partial charge in [0.2, 0.25) is 0 Å². The fourth-order valence-corrected chi connectivity index (χ4v) is 4.32. The molecule has 0 saturated carbocycles. The highest BCUT2D eigenvalue weighted by Gasteiger charge is 2.25. The molecule has 3 heterocycles. The van der Waals surface area contributed by atoms with E-state index < -0.39 is 0 Å². The van der Waals surface area contributed by atoms with Crippen LogP contribution >= 0.6 is 22.9 Å². The predicted molar refractivity (Wildman–Crippen MR) is 106 cm³/mol. The van der Waals surface area contributed by atoms with E-state index in [4.69, 9.17) is 16.3 Å². The van der Waals surface area contributed by atoms with E-state index in [0.717, 1.165) is 18.7 Å². The smallest absolute Gasteiger partial charge is 0.263 e. The first-order valence-corrected chi connectivity index (χ1v) is 10.1. The van der Waals surface area contributed by atoms with Crippen molar-refractivity contribution in [2.24, 2.45) is 0 Å². The van der Waals surface area contributed by atoms with E-state index in [9.17, 15) is 4.79 Å². The number of nitrogens with one attached hydrogen (secondary N) is 1. The number of amides is 1. The van der Waals surface area contributed by atoms with Crippen molar-refractivity contribution in [2.45, 2.75) is 6.04 Å². The molecule has 28 heavy (non-hydrogen) atoms. The second kappa shape index (κ2) is 8.78. The van der Waals surface area contributed by atoms with Gasteiger partial charge in [-0.15, -0.1) is 16.4 Å². The number of aromatic nitrogens is 4. The largest absolute Gasteiger partial charge is 0.379 e. The number of rotatable bonds is 6. The highest BCUT2D eigenvalue weighted by Crippen LogP contribution is 2.28. The van der Waals surface area contributed by atoms with Crippen LogP contribution in [0.25, 0.3) is 5.69 Å². The molecule has 2 aromatic heterocycles. The highest BCUT2D eigenvalue weighted by atomic mass is 35.5. The average molecular weight is 419 g/mol. The van der Waals surface area contributed by atoms with Crippen molar-refractivity contribution in [3.8, 4) is 5.69 Å². The lowest BCUT2D eigenvalue weighted by Crippen LogP contribution is -2.44. The van der Waals surface area contributed by atoms with E-state index in [1.54, 1.807) is 0 Å². The first-order valence-electron chi connectivity index (χ1n) is 8.89. The summed E-state index contributed by atoms with van der Waals surface area (Å²) in [5.74, 6) is -0.161. The third kappa shape index (κ3) is 4.07. The summed E-state index contributed by atoms with van der Waals surface area (Å²) in [4.78, 5) is 15.7. The monoisotopic (exact) mass is 418 g/mol. The molecule has 1 aliphatic heterocycles. The minimum absolute atomic E-state index is 0.0296.